The lowest BCUT2D eigenvalue weighted by Gasteiger charge is -2.13. The van der Waals surface area contributed by atoms with Crippen LogP contribution >= 0.6 is 0 Å². The summed E-state index contributed by atoms with van der Waals surface area (Å²) in [5.41, 5.74) is 3.12. The fourth-order valence-corrected chi connectivity index (χ4v) is 2.68. The first kappa shape index (κ1) is 24.0. The minimum absolute atomic E-state index is 0.0849. The molecule has 11 nitrogen and oxygen atoms in total. The quantitative estimate of drug-likeness (QED) is 0.271. The first-order chi connectivity index (χ1) is 15.3. The number of imidazole rings is 1. The summed E-state index contributed by atoms with van der Waals surface area (Å²) in [4.78, 5) is 33.0. The van der Waals surface area contributed by atoms with E-state index in [4.69, 9.17) is 24.5 Å². The Morgan fingerprint density at radius 3 is 2.25 bits per heavy atom. The highest BCUT2D eigenvalue weighted by atomic mass is 16.6. The van der Waals surface area contributed by atoms with Crippen molar-refractivity contribution in [1.29, 1.82) is 0 Å². The van der Waals surface area contributed by atoms with Gasteiger partial charge < -0.3 is 24.8 Å². The van der Waals surface area contributed by atoms with Gasteiger partial charge in [-0.25, -0.2) is 14.6 Å². The van der Waals surface area contributed by atoms with Crippen LogP contribution in [0.1, 0.15) is 5.56 Å². The van der Waals surface area contributed by atoms with E-state index in [0.717, 1.165) is 22.8 Å². The number of carboxylic acids is 2. The molecule has 1 aromatic heterocycles. The van der Waals surface area contributed by atoms with Crippen LogP contribution in [0.3, 0.4) is 0 Å². The minimum Gasteiger partial charge on any atom is -0.473 e. The van der Waals surface area contributed by atoms with E-state index in [9.17, 15) is 10.1 Å². The number of non-ortho nitro benzene ring substituents is 1. The number of hydrogen-bond donors (Lipinski definition) is 3. The highest BCUT2D eigenvalue weighted by molar-refractivity contribution is 6.27. The Kier molecular flexibility index (Phi) is 8.87. The number of hydrogen-bond acceptors (Lipinski definition) is 7. The number of ether oxygens (including phenoxy) is 1. The number of nitro groups is 1. The molecule has 2 aromatic carbocycles. The minimum atomic E-state index is -1.82. The van der Waals surface area contributed by atoms with E-state index in [0.29, 0.717) is 19.7 Å². The second kappa shape index (κ2) is 11.8. The molecule has 3 rings (SSSR count). The maximum absolute atomic E-state index is 10.7. The van der Waals surface area contributed by atoms with Crippen molar-refractivity contribution in [2.24, 2.45) is 0 Å². The highest BCUT2D eigenvalue weighted by Gasteiger charge is 2.12. The van der Waals surface area contributed by atoms with Crippen LogP contribution in [-0.2, 0) is 27.4 Å². The zero-order valence-corrected chi connectivity index (χ0v) is 17.2. The lowest BCUT2D eigenvalue weighted by atomic mass is 10.2. The highest BCUT2D eigenvalue weighted by Crippen LogP contribution is 2.23. The number of nitrogens with one attached hydrogen (secondary N) is 1. The predicted molar refractivity (Wildman–Crippen MR) is 115 cm³/mol. The zero-order valence-electron chi connectivity index (χ0n) is 17.2. The summed E-state index contributed by atoms with van der Waals surface area (Å²) in [5, 5.41) is 28.8. The van der Waals surface area contributed by atoms with Crippen molar-refractivity contribution in [2.75, 3.05) is 19.0 Å². The number of carbonyl (C=O) groups is 2. The third-order valence-electron chi connectivity index (χ3n) is 4.22. The van der Waals surface area contributed by atoms with Gasteiger partial charge in [-0.2, -0.15) is 0 Å². The molecule has 0 aliphatic carbocycles. The van der Waals surface area contributed by atoms with Gasteiger partial charge in [0.15, 0.2) is 0 Å². The Balaban J connectivity index is 0.000000534. The lowest BCUT2D eigenvalue weighted by Crippen LogP contribution is -2.11. The van der Waals surface area contributed by atoms with Crippen LogP contribution in [0.4, 0.5) is 11.6 Å². The molecular formula is C21H22N4O7. The smallest absolute Gasteiger partial charge is 0.414 e. The summed E-state index contributed by atoms with van der Waals surface area (Å²) in [7, 11) is 1.67. The fourth-order valence-electron chi connectivity index (χ4n) is 2.68. The van der Waals surface area contributed by atoms with Gasteiger partial charge in [0.2, 0.25) is 5.95 Å². The number of benzene rings is 2. The molecule has 32 heavy (non-hydrogen) atoms. The van der Waals surface area contributed by atoms with Crippen molar-refractivity contribution in [3.63, 3.8) is 0 Å². The third-order valence-corrected chi connectivity index (χ3v) is 4.22. The van der Waals surface area contributed by atoms with Crippen molar-refractivity contribution in [3.8, 4) is 11.3 Å². The molecule has 0 bridgehead atoms. The van der Waals surface area contributed by atoms with E-state index < -0.39 is 16.9 Å². The van der Waals surface area contributed by atoms with Crippen LogP contribution in [0.25, 0.3) is 11.3 Å². The molecule has 0 atom stereocenters. The number of anilines is 1. The van der Waals surface area contributed by atoms with E-state index in [1.165, 1.54) is 12.1 Å². The summed E-state index contributed by atoms with van der Waals surface area (Å²) < 4.78 is 7.29. The monoisotopic (exact) mass is 442 g/mol. The van der Waals surface area contributed by atoms with Gasteiger partial charge in [0.1, 0.15) is 0 Å². The standard InChI is InChI=1S/C19H20N4O3.C2H2O4/c1-26-12-11-22-18(16-5-3-2-4-6-16)14-21-19(22)20-13-15-7-9-17(10-8-15)23(24)25;3-1(4)2(5)6/h2-10,14H,11-13H2,1H3,(H,20,21);(H,3,4)(H,5,6). The molecular weight excluding hydrogens is 420 g/mol. The molecule has 0 unspecified atom stereocenters. The Bertz CT molecular complexity index is 1040. The van der Waals surface area contributed by atoms with E-state index in [1.807, 2.05) is 36.5 Å². The Morgan fingerprint density at radius 2 is 1.72 bits per heavy atom. The van der Waals surface area contributed by atoms with Crippen molar-refractivity contribution in [1.82, 2.24) is 9.55 Å². The van der Waals surface area contributed by atoms with Crippen LogP contribution in [0, 0.1) is 10.1 Å². The average Bonchev–Trinajstić information content (AvgIpc) is 3.20. The lowest BCUT2D eigenvalue weighted by molar-refractivity contribution is -0.384. The van der Waals surface area contributed by atoms with Gasteiger partial charge >= 0.3 is 11.9 Å². The maximum atomic E-state index is 10.7. The van der Waals surface area contributed by atoms with Crippen molar-refractivity contribution in [2.45, 2.75) is 13.1 Å². The number of aliphatic carboxylic acids is 2. The van der Waals surface area contributed by atoms with E-state index in [2.05, 4.69) is 14.9 Å². The van der Waals surface area contributed by atoms with Gasteiger partial charge in [-0.3, -0.25) is 10.1 Å². The van der Waals surface area contributed by atoms with Gasteiger partial charge in [0.05, 0.1) is 23.4 Å². The molecule has 0 amide bonds. The largest absolute Gasteiger partial charge is 0.473 e. The molecule has 0 aliphatic rings. The number of rotatable bonds is 8. The molecule has 0 saturated heterocycles. The number of nitrogens with zero attached hydrogens (tertiary/aromatic N) is 3. The Morgan fingerprint density at radius 1 is 1.09 bits per heavy atom. The molecule has 0 spiro atoms. The van der Waals surface area contributed by atoms with Crippen LogP contribution in [0.5, 0.6) is 0 Å². The molecule has 3 N–H and O–H groups in total. The van der Waals surface area contributed by atoms with E-state index in [-0.39, 0.29) is 5.69 Å². The van der Waals surface area contributed by atoms with Gasteiger partial charge in [-0.1, -0.05) is 42.5 Å². The molecule has 168 valence electrons. The number of methoxy groups -OCH3 is 1. The van der Waals surface area contributed by atoms with E-state index in [1.54, 1.807) is 19.2 Å². The average molecular weight is 442 g/mol. The summed E-state index contributed by atoms with van der Waals surface area (Å²) in [6, 6.07) is 16.5. The first-order valence-corrected chi connectivity index (χ1v) is 9.36. The molecule has 3 aromatic rings. The van der Waals surface area contributed by atoms with Crippen LogP contribution < -0.4 is 5.32 Å². The molecule has 0 saturated carbocycles. The van der Waals surface area contributed by atoms with Gasteiger partial charge in [0.25, 0.3) is 5.69 Å². The fraction of sp³-hybridized carbons (Fsp3) is 0.190. The first-order valence-electron chi connectivity index (χ1n) is 9.36. The maximum Gasteiger partial charge on any atom is 0.414 e. The number of carboxylic acid groups (broad SMARTS) is 2. The van der Waals surface area contributed by atoms with E-state index >= 15 is 0 Å². The molecule has 0 aliphatic heterocycles. The summed E-state index contributed by atoms with van der Waals surface area (Å²) >= 11 is 0. The number of aromatic nitrogens is 2. The number of nitro benzene ring substituents is 1. The molecule has 1 heterocycles. The van der Waals surface area contributed by atoms with Crippen LogP contribution in [0.2, 0.25) is 0 Å². The van der Waals surface area contributed by atoms with Gasteiger partial charge in [-0.15, -0.1) is 0 Å². The van der Waals surface area contributed by atoms with Crippen LogP contribution in [-0.4, -0.2) is 50.3 Å². The van der Waals surface area contributed by atoms with Crippen LogP contribution in [0.15, 0.2) is 60.8 Å². The van der Waals surface area contributed by atoms with Gasteiger partial charge in [0, 0.05) is 32.3 Å². The van der Waals surface area contributed by atoms with Gasteiger partial charge in [-0.05, 0) is 11.1 Å². The molecule has 0 fully saturated rings. The summed E-state index contributed by atoms with van der Waals surface area (Å²) in [6.45, 7) is 1.77. The second-order valence-corrected chi connectivity index (χ2v) is 6.36. The zero-order chi connectivity index (χ0) is 23.5. The normalized spacial score (nSPS) is 10.0. The Labute approximate surface area is 183 Å². The summed E-state index contributed by atoms with van der Waals surface area (Å²) in [6.07, 6.45) is 1.84. The second-order valence-electron chi connectivity index (χ2n) is 6.36. The topological polar surface area (TPSA) is 157 Å². The third kappa shape index (κ3) is 6.92. The summed E-state index contributed by atoms with van der Waals surface area (Å²) in [5.74, 6) is -2.91. The van der Waals surface area contributed by atoms with Crippen molar-refractivity contribution < 1.29 is 29.5 Å². The SMILES string of the molecule is COCCn1c(-c2ccccc2)cnc1NCc1ccc([N+](=O)[O-])cc1.O=C(O)C(=O)O. The molecule has 11 heteroatoms. The molecule has 0 radical (unpaired) electrons. The van der Waals surface area contributed by atoms with Crippen molar-refractivity contribution in [3.05, 3.63) is 76.5 Å². The van der Waals surface area contributed by atoms with Crippen molar-refractivity contribution >= 4 is 23.6 Å². The Hall–Kier alpha value is -4.25. The predicted octanol–water partition coefficient (Wildman–Crippen LogP) is 2.87.